The summed E-state index contributed by atoms with van der Waals surface area (Å²) in [5, 5.41) is 3.43. The zero-order valence-electron chi connectivity index (χ0n) is 15.2. The van der Waals surface area contributed by atoms with Crippen LogP contribution in [0, 0.1) is 0 Å². The summed E-state index contributed by atoms with van der Waals surface area (Å²) in [5.74, 6) is -2.01. The van der Waals surface area contributed by atoms with Crippen molar-refractivity contribution in [3.05, 3.63) is 62.3 Å². The molecule has 0 radical (unpaired) electrons. The largest absolute Gasteiger partial charge is 0.451 e. The minimum Gasteiger partial charge on any atom is -0.451 e. The molecule has 0 unspecified atom stereocenters. The Kier molecular flexibility index (Phi) is 4.89. The Morgan fingerprint density at radius 3 is 2.79 bits per heavy atom. The van der Waals surface area contributed by atoms with Crippen LogP contribution in [0.5, 0.6) is 0 Å². The molecule has 1 aliphatic rings. The second kappa shape index (κ2) is 7.51. The lowest BCUT2D eigenvalue weighted by Crippen LogP contribution is -2.23. The van der Waals surface area contributed by atoms with Gasteiger partial charge in [-0.05, 0) is 37.0 Å². The number of benzene rings is 1. The number of nitrogens with two attached hydrogens (primary N) is 1. The first-order valence-corrected chi connectivity index (χ1v) is 9.79. The number of pyridine rings is 1. The molecule has 3 aromatic rings. The van der Waals surface area contributed by atoms with Gasteiger partial charge in [0.2, 0.25) is 0 Å². The van der Waals surface area contributed by atoms with Crippen molar-refractivity contribution in [3.8, 4) is 0 Å². The van der Waals surface area contributed by atoms with Gasteiger partial charge in [0.15, 0.2) is 12.0 Å². The predicted molar refractivity (Wildman–Crippen MR) is 108 cm³/mol. The lowest BCUT2D eigenvalue weighted by molar-refractivity contribution is -0.119. The van der Waals surface area contributed by atoms with Crippen LogP contribution in [0.25, 0.3) is 10.9 Å². The maximum atomic E-state index is 12.2. The van der Waals surface area contributed by atoms with E-state index in [1.54, 1.807) is 24.3 Å². The molecule has 2 amide bonds. The molecule has 8 nitrogen and oxygen atoms in total. The number of carbonyl (C=O) groups is 3. The van der Waals surface area contributed by atoms with Crippen molar-refractivity contribution in [3.63, 3.8) is 0 Å². The van der Waals surface area contributed by atoms with Gasteiger partial charge in [-0.2, -0.15) is 0 Å². The molecular weight excluding hydrogens is 394 g/mol. The Labute approximate surface area is 168 Å². The number of ether oxygens (including phenoxy) is 1. The van der Waals surface area contributed by atoms with Gasteiger partial charge in [0.1, 0.15) is 10.7 Å². The lowest BCUT2D eigenvalue weighted by Gasteiger charge is -2.08. The average molecular weight is 411 g/mol. The van der Waals surface area contributed by atoms with Gasteiger partial charge < -0.3 is 20.8 Å². The lowest BCUT2D eigenvalue weighted by atomic mass is 10.1. The summed E-state index contributed by atoms with van der Waals surface area (Å²) in [5.41, 5.74) is 6.81. The number of carbonyl (C=O) groups excluding carboxylic acids is 3. The number of anilines is 1. The van der Waals surface area contributed by atoms with Crippen LogP contribution in [0.15, 0.2) is 35.1 Å². The number of thiophene rings is 1. The van der Waals surface area contributed by atoms with Crippen molar-refractivity contribution >= 4 is 45.0 Å². The number of H-pyrrole nitrogens is 1. The molecule has 0 saturated heterocycles. The monoisotopic (exact) mass is 411 g/mol. The van der Waals surface area contributed by atoms with Crippen molar-refractivity contribution in [2.45, 2.75) is 19.3 Å². The van der Waals surface area contributed by atoms with E-state index < -0.39 is 24.4 Å². The first-order valence-electron chi connectivity index (χ1n) is 8.97. The molecule has 1 aromatic carbocycles. The summed E-state index contributed by atoms with van der Waals surface area (Å²) in [6.45, 7) is -0.561. The number of esters is 1. The molecule has 0 saturated carbocycles. The number of aryl methyl sites for hydroxylation is 1. The number of aromatic nitrogens is 1. The molecule has 4 rings (SSSR count). The zero-order valence-corrected chi connectivity index (χ0v) is 16.1. The number of rotatable bonds is 5. The SMILES string of the molecule is NC(=O)c1c(NC(=O)COC(=O)c2cc(=O)c3ccccc3[nH]2)sc2c1CCC2. The molecule has 2 aromatic heterocycles. The Bertz CT molecular complexity index is 1210. The maximum absolute atomic E-state index is 12.2. The molecule has 0 aliphatic heterocycles. The van der Waals surface area contributed by atoms with Crippen molar-refractivity contribution < 1.29 is 19.1 Å². The third kappa shape index (κ3) is 3.64. The number of nitrogens with one attached hydrogen (secondary N) is 2. The molecule has 9 heteroatoms. The highest BCUT2D eigenvalue weighted by Gasteiger charge is 2.26. The fraction of sp³-hybridized carbons (Fsp3) is 0.200. The fourth-order valence-corrected chi connectivity index (χ4v) is 4.74. The maximum Gasteiger partial charge on any atom is 0.355 e. The summed E-state index contributed by atoms with van der Waals surface area (Å²) in [6, 6.07) is 7.90. The van der Waals surface area contributed by atoms with Crippen LogP contribution in [-0.4, -0.2) is 29.4 Å². The van der Waals surface area contributed by atoms with E-state index in [1.807, 2.05) is 0 Å². The van der Waals surface area contributed by atoms with Gasteiger partial charge in [0.05, 0.1) is 5.56 Å². The minimum absolute atomic E-state index is 0.0468. The number of hydrogen-bond donors (Lipinski definition) is 3. The number of para-hydroxylation sites is 1. The normalized spacial score (nSPS) is 12.6. The van der Waals surface area contributed by atoms with E-state index in [4.69, 9.17) is 10.5 Å². The Hall–Kier alpha value is -3.46. The van der Waals surface area contributed by atoms with Crippen LogP contribution in [0.4, 0.5) is 5.00 Å². The third-order valence-corrected chi connectivity index (χ3v) is 5.92. The van der Waals surface area contributed by atoms with Crippen LogP contribution in [0.2, 0.25) is 0 Å². The van der Waals surface area contributed by atoms with Crippen LogP contribution < -0.4 is 16.5 Å². The molecule has 1 aliphatic carbocycles. The molecule has 2 heterocycles. The van der Waals surface area contributed by atoms with E-state index in [-0.39, 0.29) is 11.1 Å². The summed E-state index contributed by atoms with van der Waals surface area (Å²) in [4.78, 5) is 52.2. The number of fused-ring (bicyclic) bond motifs is 2. The van der Waals surface area contributed by atoms with E-state index in [1.165, 1.54) is 11.3 Å². The summed E-state index contributed by atoms with van der Waals surface area (Å²) < 4.78 is 5.01. The van der Waals surface area contributed by atoms with Gasteiger partial charge in [0.25, 0.3) is 11.8 Å². The van der Waals surface area contributed by atoms with Crippen molar-refractivity contribution in [2.75, 3.05) is 11.9 Å². The summed E-state index contributed by atoms with van der Waals surface area (Å²) >= 11 is 1.32. The highest BCUT2D eigenvalue weighted by molar-refractivity contribution is 7.17. The second-order valence-electron chi connectivity index (χ2n) is 6.64. The van der Waals surface area contributed by atoms with Gasteiger partial charge in [-0.3, -0.25) is 14.4 Å². The van der Waals surface area contributed by atoms with Crippen molar-refractivity contribution in [1.29, 1.82) is 0 Å². The van der Waals surface area contributed by atoms with E-state index >= 15 is 0 Å². The van der Waals surface area contributed by atoms with Gasteiger partial charge in [-0.25, -0.2) is 4.79 Å². The van der Waals surface area contributed by atoms with E-state index in [0.29, 0.717) is 21.5 Å². The number of aromatic amines is 1. The van der Waals surface area contributed by atoms with E-state index in [0.717, 1.165) is 35.8 Å². The molecule has 4 N–H and O–H groups in total. The second-order valence-corrected chi connectivity index (χ2v) is 7.75. The Morgan fingerprint density at radius 2 is 2.00 bits per heavy atom. The standard InChI is InChI=1S/C20H17N3O5S/c21-18(26)17-11-5-3-7-15(11)29-19(17)23-16(25)9-28-20(27)13-8-14(24)10-4-1-2-6-12(10)22-13/h1-2,4,6,8H,3,5,7,9H2,(H2,21,26)(H,22,24)(H,23,25). The number of primary amides is 1. The quantitative estimate of drug-likeness (QED) is 0.553. The molecule has 0 bridgehead atoms. The molecule has 0 fully saturated rings. The fourth-order valence-electron chi connectivity index (χ4n) is 3.43. The molecule has 148 valence electrons. The molecule has 29 heavy (non-hydrogen) atoms. The number of hydrogen-bond acceptors (Lipinski definition) is 6. The molecule has 0 atom stereocenters. The zero-order chi connectivity index (χ0) is 20.5. The summed E-state index contributed by atoms with van der Waals surface area (Å²) in [6.07, 6.45) is 2.56. The topological polar surface area (TPSA) is 131 Å². The van der Waals surface area contributed by atoms with Gasteiger partial charge in [-0.1, -0.05) is 12.1 Å². The highest BCUT2D eigenvalue weighted by atomic mass is 32.1. The van der Waals surface area contributed by atoms with Crippen LogP contribution in [-0.2, 0) is 22.4 Å². The van der Waals surface area contributed by atoms with Crippen LogP contribution in [0.1, 0.15) is 37.7 Å². The molecule has 0 spiro atoms. The van der Waals surface area contributed by atoms with Gasteiger partial charge in [-0.15, -0.1) is 11.3 Å². The minimum atomic E-state index is -0.827. The van der Waals surface area contributed by atoms with Crippen LogP contribution >= 0.6 is 11.3 Å². The van der Waals surface area contributed by atoms with E-state index in [9.17, 15) is 19.2 Å². The van der Waals surface area contributed by atoms with E-state index in [2.05, 4.69) is 10.3 Å². The van der Waals surface area contributed by atoms with Crippen molar-refractivity contribution in [1.82, 2.24) is 4.98 Å². The van der Waals surface area contributed by atoms with Crippen molar-refractivity contribution in [2.24, 2.45) is 5.73 Å². The van der Waals surface area contributed by atoms with Crippen LogP contribution in [0.3, 0.4) is 0 Å². The average Bonchev–Trinajstić information content (AvgIpc) is 3.26. The Morgan fingerprint density at radius 1 is 1.21 bits per heavy atom. The predicted octanol–water partition coefficient (Wildman–Crippen LogP) is 1.97. The number of amides is 2. The first-order chi connectivity index (χ1) is 13.9. The summed E-state index contributed by atoms with van der Waals surface area (Å²) in [7, 11) is 0. The first kappa shape index (κ1) is 18.9. The smallest absolute Gasteiger partial charge is 0.355 e. The molecular formula is C20H17N3O5S. The Balaban J connectivity index is 1.45. The third-order valence-electron chi connectivity index (χ3n) is 4.71. The highest BCUT2D eigenvalue weighted by Crippen LogP contribution is 2.38. The van der Waals surface area contributed by atoms with Gasteiger partial charge >= 0.3 is 5.97 Å². The van der Waals surface area contributed by atoms with Gasteiger partial charge in [0, 0.05) is 21.8 Å².